The molecule has 0 saturated carbocycles. The normalized spacial score (nSPS) is 16.8. The van der Waals surface area contributed by atoms with Crippen LogP contribution in [-0.4, -0.2) is 51.1 Å². The molecule has 1 fully saturated rings. The molecule has 4 rings (SSSR count). The van der Waals surface area contributed by atoms with Crippen LogP contribution in [0.25, 0.3) is 11.4 Å². The number of benzene rings is 1. The molecule has 1 atom stereocenters. The molecule has 28 heavy (non-hydrogen) atoms. The molecule has 2 aromatic heterocycles. The predicted octanol–water partition coefficient (Wildman–Crippen LogP) is 3.13. The van der Waals surface area contributed by atoms with Gasteiger partial charge >= 0.3 is 0 Å². The van der Waals surface area contributed by atoms with Crippen molar-refractivity contribution < 1.29 is 4.79 Å². The number of thiophene rings is 1. The number of hydrogen-bond acceptors (Lipinski definition) is 6. The number of likely N-dealkylation sites (tertiary alicyclic amines) is 1. The van der Waals surface area contributed by atoms with Crippen molar-refractivity contribution in [3.63, 3.8) is 0 Å². The minimum absolute atomic E-state index is 0.0859. The molecule has 7 nitrogen and oxygen atoms in total. The first-order valence-corrected chi connectivity index (χ1v) is 10.5. The molecule has 0 radical (unpaired) electrons. The van der Waals surface area contributed by atoms with Crippen LogP contribution >= 0.6 is 11.3 Å². The lowest BCUT2D eigenvalue weighted by atomic mass is 9.97. The molecule has 2 N–H and O–H groups in total. The highest BCUT2D eigenvalue weighted by molar-refractivity contribution is 7.10. The van der Waals surface area contributed by atoms with Gasteiger partial charge in [-0.1, -0.05) is 25.1 Å². The van der Waals surface area contributed by atoms with Crippen molar-refractivity contribution in [2.75, 3.05) is 19.6 Å². The zero-order valence-electron chi connectivity index (χ0n) is 15.8. The van der Waals surface area contributed by atoms with E-state index in [1.807, 2.05) is 18.2 Å². The topological polar surface area (TPSA) is 86.8 Å². The van der Waals surface area contributed by atoms with Crippen LogP contribution in [-0.2, 0) is 0 Å². The smallest absolute Gasteiger partial charge is 0.251 e. The van der Waals surface area contributed by atoms with Crippen LogP contribution < -0.4 is 5.32 Å². The van der Waals surface area contributed by atoms with Crippen LogP contribution in [0.15, 0.2) is 41.8 Å². The van der Waals surface area contributed by atoms with Crippen molar-refractivity contribution in [1.29, 1.82) is 0 Å². The largest absolute Gasteiger partial charge is 0.350 e. The molecule has 1 aliphatic heterocycles. The number of nitrogens with zero attached hydrogens (tertiary/aromatic N) is 4. The molecule has 1 amide bonds. The van der Waals surface area contributed by atoms with Crippen molar-refractivity contribution in [3.05, 3.63) is 52.2 Å². The zero-order chi connectivity index (χ0) is 19.3. The Kier molecular flexibility index (Phi) is 5.78. The number of carbonyl (C=O) groups is 1. The van der Waals surface area contributed by atoms with E-state index in [1.54, 1.807) is 17.4 Å². The van der Waals surface area contributed by atoms with Crippen molar-refractivity contribution in [1.82, 2.24) is 30.8 Å². The maximum atomic E-state index is 12.8. The molecular formula is C20H24N6OS. The standard InChI is InChI=1S/C20H24N6OS/c1-14-7-9-26(10-8-14)17(18-6-3-11-28-18)13-21-20(27)16-5-2-4-15(12-16)19-22-24-25-23-19/h2-6,11-12,14,17H,7-10,13H2,1H3,(H,21,27)(H,22,23,24,25). The van der Waals surface area contributed by atoms with E-state index in [9.17, 15) is 4.79 Å². The van der Waals surface area contributed by atoms with E-state index in [0.29, 0.717) is 17.9 Å². The number of nitrogens with one attached hydrogen (secondary N) is 2. The fourth-order valence-electron chi connectivity index (χ4n) is 3.61. The fraction of sp³-hybridized carbons (Fsp3) is 0.400. The lowest BCUT2D eigenvalue weighted by Gasteiger charge is -2.36. The molecule has 1 aliphatic rings. The highest BCUT2D eigenvalue weighted by Gasteiger charge is 2.26. The van der Waals surface area contributed by atoms with E-state index in [2.05, 4.69) is 55.3 Å². The lowest BCUT2D eigenvalue weighted by molar-refractivity contribution is 0.0915. The monoisotopic (exact) mass is 396 g/mol. The van der Waals surface area contributed by atoms with Gasteiger partial charge in [0.2, 0.25) is 5.82 Å². The summed E-state index contributed by atoms with van der Waals surface area (Å²) in [4.78, 5) is 16.6. The molecule has 3 heterocycles. The lowest BCUT2D eigenvalue weighted by Crippen LogP contribution is -2.41. The maximum Gasteiger partial charge on any atom is 0.251 e. The summed E-state index contributed by atoms with van der Waals surface area (Å²) in [7, 11) is 0. The number of carbonyl (C=O) groups excluding carboxylic acids is 1. The summed E-state index contributed by atoms with van der Waals surface area (Å²) >= 11 is 1.75. The van der Waals surface area contributed by atoms with Gasteiger partial charge in [0.1, 0.15) is 0 Å². The van der Waals surface area contributed by atoms with Crippen LogP contribution in [0.4, 0.5) is 0 Å². The molecular weight excluding hydrogens is 372 g/mol. The van der Waals surface area contributed by atoms with Gasteiger partial charge in [0.05, 0.1) is 6.04 Å². The van der Waals surface area contributed by atoms with Crippen molar-refractivity contribution >= 4 is 17.2 Å². The van der Waals surface area contributed by atoms with Gasteiger partial charge in [-0.2, -0.15) is 5.21 Å². The van der Waals surface area contributed by atoms with Crippen LogP contribution in [0.2, 0.25) is 0 Å². The number of hydrogen-bond donors (Lipinski definition) is 2. The van der Waals surface area contributed by atoms with Gasteiger partial charge in [-0.3, -0.25) is 9.69 Å². The summed E-state index contributed by atoms with van der Waals surface area (Å²) in [6, 6.07) is 11.8. The minimum atomic E-state index is -0.0859. The summed E-state index contributed by atoms with van der Waals surface area (Å²) in [5.41, 5.74) is 1.36. The highest BCUT2D eigenvalue weighted by Crippen LogP contribution is 2.29. The van der Waals surface area contributed by atoms with E-state index < -0.39 is 0 Å². The van der Waals surface area contributed by atoms with Gasteiger partial charge in [0.15, 0.2) is 0 Å². The Labute approximate surface area is 168 Å². The van der Waals surface area contributed by atoms with Crippen molar-refractivity contribution in [3.8, 4) is 11.4 Å². The quantitative estimate of drug-likeness (QED) is 0.668. The second-order valence-electron chi connectivity index (χ2n) is 7.28. The van der Waals surface area contributed by atoms with E-state index in [-0.39, 0.29) is 11.9 Å². The number of tetrazole rings is 1. The average molecular weight is 397 g/mol. The highest BCUT2D eigenvalue weighted by atomic mass is 32.1. The van der Waals surface area contributed by atoms with Gasteiger partial charge in [-0.15, -0.1) is 21.5 Å². The summed E-state index contributed by atoms with van der Waals surface area (Å²) in [6.07, 6.45) is 2.42. The molecule has 146 valence electrons. The number of aromatic amines is 1. The third-order valence-corrected chi connectivity index (χ3v) is 6.29. The SMILES string of the molecule is CC1CCN(C(CNC(=O)c2cccc(-c3nn[nH]n3)c2)c2cccs2)CC1. The second-order valence-corrected chi connectivity index (χ2v) is 8.26. The van der Waals surface area contributed by atoms with Gasteiger partial charge in [-0.05, 0) is 60.6 Å². The molecule has 0 aliphatic carbocycles. The van der Waals surface area contributed by atoms with E-state index in [0.717, 1.165) is 24.6 Å². The van der Waals surface area contributed by atoms with E-state index in [1.165, 1.54) is 17.7 Å². The minimum Gasteiger partial charge on any atom is -0.350 e. The molecule has 1 saturated heterocycles. The Balaban J connectivity index is 1.45. The Hall–Kier alpha value is -2.58. The Bertz CT molecular complexity index is 887. The maximum absolute atomic E-state index is 12.8. The van der Waals surface area contributed by atoms with Gasteiger partial charge in [0, 0.05) is 22.5 Å². The summed E-state index contributed by atoms with van der Waals surface area (Å²) in [6.45, 7) is 5.07. The molecule has 1 unspecified atom stereocenters. The van der Waals surface area contributed by atoms with Crippen LogP contribution in [0, 0.1) is 5.92 Å². The number of piperidine rings is 1. The predicted molar refractivity (Wildman–Crippen MR) is 109 cm³/mol. The first kappa shape index (κ1) is 18.8. The van der Waals surface area contributed by atoms with E-state index in [4.69, 9.17) is 0 Å². The fourth-order valence-corrected chi connectivity index (χ4v) is 4.47. The molecule has 1 aromatic carbocycles. The Morgan fingerprint density at radius 1 is 1.32 bits per heavy atom. The van der Waals surface area contributed by atoms with Gasteiger partial charge < -0.3 is 5.32 Å². The molecule has 0 bridgehead atoms. The third-order valence-electron chi connectivity index (χ3n) is 5.31. The van der Waals surface area contributed by atoms with Gasteiger partial charge in [-0.25, -0.2) is 0 Å². The zero-order valence-corrected chi connectivity index (χ0v) is 16.7. The first-order chi connectivity index (χ1) is 13.7. The average Bonchev–Trinajstić information content (AvgIpc) is 3.44. The molecule has 0 spiro atoms. The number of H-pyrrole nitrogens is 1. The van der Waals surface area contributed by atoms with Crippen LogP contribution in [0.5, 0.6) is 0 Å². The number of aromatic nitrogens is 4. The van der Waals surface area contributed by atoms with E-state index >= 15 is 0 Å². The van der Waals surface area contributed by atoms with Crippen LogP contribution in [0.3, 0.4) is 0 Å². The molecule has 8 heteroatoms. The Morgan fingerprint density at radius 2 is 2.18 bits per heavy atom. The first-order valence-electron chi connectivity index (χ1n) is 9.60. The number of rotatable bonds is 6. The summed E-state index contributed by atoms with van der Waals surface area (Å²) in [5, 5.41) is 19.2. The molecule has 3 aromatic rings. The van der Waals surface area contributed by atoms with Crippen molar-refractivity contribution in [2.45, 2.75) is 25.8 Å². The second kappa shape index (κ2) is 8.62. The van der Waals surface area contributed by atoms with Gasteiger partial charge in [0.25, 0.3) is 5.91 Å². The van der Waals surface area contributed by atoms with Crippen LogP contribution in [0.1, 0.15) is 41.0 Å². The summed E-state index contributed by atoms with van der Waals surface area (Å²) < 4.78 is 0. The Morgan fingerprint density at radius 3 is 2.89 bits per heavy atom. The summed E-state index contributed by atoms with van der Waals surface area (Å²) in [5.74, 6) is 1.17. The van der Waals surface area contributed by atoms with Crippen molar-refractivity contribution in [2.24, 2.45) is 5.92 Å². The number of amides is 1. The third kappa shape index (κ3) is 4.28.